The van der Waals surface area contributed by atoms with Crippen LogP contribution in [0.4, 0.5) is 0 Å². The highest BCUT2D eigenvalue weighted by molar-refractivity contribution is 5.72. The number of allylic oxidation sites excluding steroid dienone is 1. The van der Waals surface area contributed by atoms with Gasteiger partial charge >= 0.3 is 11.9 Å². The third kappa shape index (κ3) is 7.30. The van der Waals surface area contributed by atoms with E-state index in [1.807, 2.05) is 13.8 Å². The predicted octanol–water partition coefficient (Wildman–Crippen LogP) is 3.93. The van der Waals surface area contributed by atoms with Crippen molar-refractivity contribution >= 4 is 11.9 Å². The van der Waals surface area contributed by atoms with Gasteiger partial charge in [-0.15, -0.1) is 0 Å². The molecule has 0 fully saturated rings. The molecule has 0 aromatic carbocycles. The predicted molar refractivity (Wildman–Crippen MR) is 81.8 cm³/mol. The first kappa shape index (κ1) is 17.7. The Balaban J connectivity index is 2.23. The second kappa shape index (κ2) is 10.4. The molecule has 0 N–H and O–H groups in total. The second-order valence-corrected chi connectivity index (χ2v) is 5.41. The van der Waals surface area contributed by atoms with E-state index < -0.39 is 0 Å². The summed E-state index contributed by atoms with van der Waals surface area (Å²) < 4.78 is 9.93. The first-order valence-corrected chi connectivity index (χ1v) is 8.18. The number of unbranched alkanes of at least 4 members (excludes halogenated alkanes) is 2. The molecule has 21 heavy (non-hydrogen) atoms. The van der Waals surface area contributed by atoms with Crippen molar-refractivity contribution in [1.82, 2.24) is 0 Å². The summed E-state index contributed by atoms with van der Waals surface area (Å²) in [5.74, 6) is -0.199. The molecular formula is C17H28O4. The summed E-state index contributed by atoms with van der Waals surface area (Å²) in [7, 11) is 0. The Morgan fingerprint density at radius 2 is 1.57 bits per heavy atom. The molecule has 0 aromatic heterocycles. The van der Waals surface area contributed by atoms with Crippen molar-refractivity contribution < 1.29 is 19.1 Å². The van der Waals surface area contributed by atoms with Gasteiger partial charge in [0.05, 0.1) is 19.6 Å². The minimum absolute atomic E-state index is 0.0967. The Kier molecular flexibility index (Phi) is 8.79. The molecule has 0 spiro atoms. The zero-order valence-corrected chi connectivity index (χ0v) is 13.4. The van der Waals surface area contributed by atoms with E-state index in [1.165, 1.54) is 11.1 Å². The van der Waals surface area contributed by atoms with Crippen LogP contribution in [0.3, 0.4) is 0 Å². The standard InChI is InChI=1S/C17H28O4/c1-3-20-16(18)12-7-5-6-9-14-10-8-11-15(14)13-17(19)21-4-2/h3-13H2,1-2H3. The molecule has 0 saturated heterocycles. The van der Waals surface area contributed by atoms with E-state index in [4.69, 9.17) is 9.47 Å². The number of hydrogen-bond donors (Lipinski definition) is 0. The van der Waals surface area contributed by atoms with Crippen LogP contribution < -0.4 is 0 Å². The molecule has 0 saturated carbocycles. The van der Waals surface area contributed by atoms with Crippen LogP contribution in [0.15, 0.2) is 11.1 Å². The molecular weight excluding hydrogens is 268 g/mol. The molecule has 1 aliphatic carbocycles. The maximum Gasteiger partial charge on any atom is 0.309 e. The lowest BCUT2D eigenvalue weighted by atomic mass is 10.0. The zero-order valence-electron chi connectivity index (χ0n) is 13.4. The van der Waals surface area contributed by atoms with E-state index in [-0.39, 0.29) is 11.9 Å². The summed E-state index contributed by atoms with van der Waals surface area (Å²) >= 11 is 0. The normalized spacial score (nSPS) is 14.4. The van der Waals surface area contributed by atoms with Gasteiger partial charge in [0, 0.05) is 6.42 Å². The zero-order chi connectivity index (χ0) is 15.5. The Bertz CT molecular complexity index is 371. The summed E-state index contributed by atoms with van der Waals surface area (Å²) in [6, 6.07) is 0. The van der Waals surface area contributed by atoms with Crippen molar-refractivity contribution in [3.05, 3.63) is 11.1 Å². The fourth-order valence-corrected chi connectivity index (χ4v) is 2.79. The van der Waals surface area contributed by atoms with Crippen molar-refractivity contribution in [2.45, 2.75) is 71.6 Å². The lowest BCUT2D eigenvalue weighted by molar-refractivity contribution is -0.143. The van der Waals surface area contributed by atoms with Crippen LogP contribution >= 0.6 is 0 Å². The third-order valence-corrected chi connectivity index (χ3v) is 3.78. The lowest BCUT2D eigenvalue weighted by Crippen LogP contribution is -2.05. The lowest BCUT2D eigenvalue weighted by Gasteiger charge is -2.07. The molecule has 4 heteroatoms. The largest absolute Gasteiger partial charge is 0.466 e. The fourth-order valence-electron chi connectivity index (χ4n) is 2.79. The van der Waals surface area contributed by atoms with Crippen LogP contribution in [-0.4, -0.2) is 25.2 Å². The topological polar surface area (TPSA) is 52.6 Å². The smallest absolute Gasteiger partial charge is 0.309 e. The summed E-state index contributed by atoms with van der Waals surface area (Å²) in [6.07, 6.45) is 8.36. The van der Waals surface area contributed by atoms with Crippen molar-refractivity contribution in [1.29, 1.82) is 0 Å². The van der Waals surface area contributed by atoms with Gasteiger partial charge in [-0.25, -0.2) is 0 Å². The molecule has 0 bridgehead atoms. The molecule has 1 rings (SSSR count). The first-order chi connectivity index (χ1) is 10.2. The second-order valence-electron chi connectivity index (χ2n) is 5.41. The molecule has 0 amide bonds. The maximum absolute atomic E-state index is 11.5. The average Bonchev–Trinajstić information content (AvgIpc) is 2.86. The third-order valence-electron chi connectivity index (χ3n) is 3.78. The highest BCUT2D eigenvalue weighted by atomic mass is 16.5. The number of carbonyl (C=O) groups is 2. The SMILES string of the molecule is CCOC(=O)CCCCCC1=C(CC(=O)OCC)CCC1. The van der Waals surface area contributed by atoms with E-state index in [9.17, 15) is 9.59 Å². The number of carbonyl (C=O) groups excluding carboxylic acids is 2. The van der Waals surface area contributed by atoms with E-state index >= 15 is 0 Å². The maximum atomic E-state index is 11.5. The molecule has 4 nitrogen and oxygen atoms in total. The van der Waals surface area contributed by atoms with Crippen LogP contribution in [-0.2, 0) is 19.1 Å². The minimum atomic E-state index is -0.103. The average molecular weight is 296 g/mol. The van der Waals surface area contributed by atoms with Crippen LogP contribution in [0.2, 0.25) is 0 Å². The molecule has 0 radical (unpaired) electrons. The molecule has 120 valence electrons. The Hall–Kier alpha value is -1.32. The summed E-state index contributed by atoms with van der Waals surface area (Å²) in [5, 5.41) is 0. The number of rotatable bonds is 10. The van der Waals surface area contributed by atoms with Gasteiger partial charge in [-0.3, -0.25) is 9.59 Å². The van der Waals surface area contributed by atoms with E-state index in [0.29, 0.717) is 26.1 Å². The minimum Gasteiger partial charge on any atom is -0.466 e. The van der Waals surface area contributed by atoms with Crippen molar-refractivity contribution in [3.63, 3.8) is 0 Å². The van der Waals surface area contributed by atoms with E-state index in [2.05, 4.69) is 0 Å². The monoisotopic (exact) mass is 296 g/mol. The summed E-state index contributed by atoms with van der Waals surface area (Å²) in [6.45, 7) is 4.58. The molecule has 0 unspecified atom stereocenters. The Morgan fingerprint density at radius 1 is 0.905 bits per heavy atom. The van der Waals surface area contributed by atoms with Gasteiger partial charge in [0.25, 0.3) is 0 Å². The Labute approximate surface area is 127 Å². The van der Waals surface area contributed by atoms with Crippen molar-refractivity contribution in [2.75, 3.05) is 13.2 Å². The van der Waals surface area contributed by atoms with Crippen molar-refractivity contribution in [3.8, 4) is 0 Å². The van der Waals surface area contributed by atoms with E-state index in [0.717, 1.165) is 44.9 Å². The molecule has 0 aromatic rings. The first-order valence-electron chi connectivity index (χ1n) is 8.18. The highest BCUT2D eigenvalue weighted by Gasteiger charge is 2.17. The molecule has 0 heterocycles. The number of ether oxygens (including phenoxy) is 2. The van der Waals surface area contributed by atoms with Gasteiger partial charge in [-0.2, -0.15) is 0 Å². The molecule has 0 atom stereocenters. The quantitative estimate of drug-likeness (QED) is 0.348. The van der Waals surface area contributed by atoms with Gasteiger partial charge in [0.2, 0.25) is 0 Å². The van der Waals surface area contributed by atoms with Crippen molar-refractivity contribution in [2.24, 2.45) is 0 Å². The number of hydrogen-bond acceptors (Lipinski definition) is 4. The summed E-state index contributed by atoms with van der Waals surface area (Å²) in [4.78, 5) is 22.8. The molecule has 0 aliphatic heterocycles. The number of esters is 2. The van der Waals surface area contributed by atoms with Gasteiger partial charge in [-0.1, -0.05) is 17.6 Å². The van der Waals surface area contributed by atoms with Gasteiger partial charge in [0.1, 0.15) is 0 Å². The van der Waals surface area contributed by atoms with Crippen LogP contribution in [0, 0.1) is 0 Å². The van der Waals surface area contributed by atoms with Crippen LogP contribution in [0.1, 0.15) is 71.6 Å². The van der Waals surface area contributed by atoms with Crippen LogP contribution in [0.5, 0.6) is 0 Å². The van der Waals surface area contributed by atoms with Gasteiger partial charge < -0.3 is 9.47 Å². The Morgan fingerprint density at radius 3 is 2.29 bits per heavy atom. The van der Waals surface area contributed by atoms with E-state index in [1.54, 1.807) is 0 Å². The summed E-state index contributed by atoms with van der Waals surface area (Å²) in [5.41, 5.74) is 2.73. The fraction of sp³-hybridized carbons (Fsp3) is 0.765. The highest BCUT2D eigenvalue weighted by Crippen LogP contribution is 2.32. The van der Waals surface area contributed by atoms with Gasteiger partial charge in [-0.05, 0) is 52.4 Å². The van der Waals surface area contributed by atoms with Gasteiger partial charge in [0.15, 0.2) is 0 Å². The van der Waals surface area contributed by atoms with Crippen LogP contribution in [0.25, 0.3) is 0 Å². The molecule has 1 aliphatic rings.